The minimum absolute atomic E-state index is 0.00793. The number of aliphatic hydroxyl groups is 2. The molecule has 1 fully saturated rings. The number of nitrogens with zero attached hydrogens (tertiary/aromatic N) is 5. The average molecular weight is 805 g/mol. The topological polar surface area (TPSA) is 359 Å². The molecule has 3 heterocycles. The van der Waals surface area contributed by atoms with E-state index in [1.165, 1.54) is 31.9 Å². The van der Waals surface area contributed by atoms with Gasteiger partial charge in [0.05, 0.1) is 37.5 Å². The number of oxime groups is 1. The summed E-state index contributed by atoms with van der Waals surface area (Å²) in [5, 5.41) is 30.2. The van der Waals surface area contributed by atoms with Crippen LogP contribution in [0.3, 0.4) is 0 Å². The first-order valence-corrected chi connectivity index (χ1v) is 20.1. The Bertz CT molecular complexity index is 1740. The van der Waals surface area contributed by atoms with Crippen LogP contribution in [0.15, 0.2) is 17.8 Å². The molecule has 0 aromatic carbocycles. The molecule has 52 heavy (non-hydrogen) atoms. The van der Waals surface area contributed by atoms with E-state index >= 15 is 0 Å². The summed E-state index contributed by atoms with van der Waals surface area (Å²) in [6, 6.07) is 0. The zero-order chi connectivity index (χ0) is 39.1. The molecule has 0 bridgehead atoms. The van der Waals surface area contributed by atoms with Crippen LogP contribution in [-0.4, -0.2) is 125 Å². The Kier molecular flexibility index (Phi) is 15.0. The van der Waals surface area contributed by atoms with Gasteiger partial charge in [-0.15, -0.1) is 0 Å². The maximum atomic E-state index is 12.7. The van der Waals surface area contributed by atoms with Crippen LogP contribution in [0.2, 0.25) is 0 Å². The number of imidazole rings is 1. The van der Waals surface area contributed by atoms with Gasteiger partial charge >= 0.3 is 23.2 Å². The first-order valence-electron chi connectivity index (χ1n) is 15.3. The largest absolute Gasteiger partial charge is 0.481 e. The third kappa shape index (κ3) is 12.6. The van der Waals surface area contributed by atoms with Crippen LogP contribution in [0.5, 0.6) is 0 Å². The molecule has 3 rings (SSSR count). The van der Waals surface area contributed by atoms with E-state index < -0.39 is 90.3 Å². The van der Waals surface area contributed by atoms with Gasteiger partial charge in [-0.25, -0.2) is 24.1 Å². The molecule has 6 unspecified atom stereocenters. The van der Waals surface area contributed by atoms with Gasteiger partial charge in [0.2, 0.25) is 11.8 Å². The number of amides is 2. The van der Waals surface area contributed by atoms with Gasteiger partial charge in [0, 0.05) is 37.3 Å². The summed E-state index contributed by atoms with van der Waals surface area (Å²) < 4.78 is 57.9. The van der Waals surface area contributed by atoms with E-state index in [-0.39, 0.29) is 36.5 Å². The number of hydrogen-bond acceptors (Lipinski definition) is 17. The van der Waals surface area contributed by atoms with Crippen molar-refractivity contribution in [1.29, 1.82) is 0 Å². The fourth-order valence-corrected chi connectivity index (χ4v) is 8.09. The third-order valence-corrected chi connectivity index (χ3v) is 11.0. The molecule has 0 spiro atoms. The molecule has 0 radical (unpaired) electrons. The van der Waals surface area contributed by atoms with Gasteiger partial charge in [-0.3, -0.25) is 27.8 Å². The number of phosphoric acid groups is 2. The Morgan fingerprint density at radius 2 is 1.73 bits per heavy atom. The zero-order valence-electron chi connectivity index (χ0n) is 28.4. The van der Waals surface area contributed by atoms with Crippen LogP contribution < -0.4 is 16.4 Å². The highest BCUT2D eigenvalue weighted by Crippen LogP contribution is 2.61. The number of phosphoric ester groups is 2. The maximum Gasteiger partial charge on any atom is 0.481 e. The first-order chi connectivity index (χ1) is 24.1. The average Bonchev–Trinajstić information content (AvgIpc) is 3.59. The quantitative estimate of drug-likeness (QED) is 0.0446. The van der Waals surface area contributed by atoms with Crippen molar-refractivity contribution in [3.8, 4) is 0 Å². The summed E-state index contributed by atoms with van der Waals surface area (Å²) in [7, 11) is -14.4. The number of fused-ring (bicyclic) bond motifs is 1. The Labute approximate surface area is 296 Å². The van der Waals surface area contributed by atoms with E-state index in [4.69, 9.17) is 19.5 Å². The molecule has 27 heteroatoms. The second kappa shape index (κ2) is 17.9. The molecule has 0 saturated carbocycles. The van der Waals surface area contributed by atoms with Crippen molar-refractivity contribution < 1.29 is 76.0 Å². The molecule has 2 aromatic heterocycles. The van der Waals surface area contributed by atoms with Crippen molar-refractivity contribution in [3.63, 3.8) is 0 Å². The summed E-state index contributed by atoms with van der Waals surface area (Å²) in [4.78, 5) is 80.5. The summed E-state index contributed by atoms with van der Waals surface area (Å²) in [6.07, 6.45) is -4.76. The van der Waals surface area contributed by atoms with Gasteiger partial charge in [-0.2, -0.15) is 4.31 Å². The fourth-order valence-electron chi connectivity index (χ4n) is 4.84. The minimum atomic E-state index is -5.50. The number of aliphatic hydroxyl groups excluding tert-OH is 2. The molecule has 10 N–H and O–H groups in total. The molecule has 7 atom stereocenters. The predicted molar refractivity (Wildman–Crippen MR) is 178 cm³/mol. The molecule has 1 saturated heterocycles. The van der Waals surface area contributed by atoms with Crippen molar-refractivity contribution in [2.24, 2.45) is 16.5 Å². The van der Waals surface area contributed by atoms with E-state index in [0.717, 1.165) is 6.33 Å². The Morgan fingerprint density at radius 3 is 2.38 bits per heavy atom. The number of nitrogen functional groups attached to an aromatic ring is 1. The molecule has 1 aliphatic heterocycles. The monoisotopic (exact) mass is 804 g/mol. The van der Waals surface area contributed by atoms with E-state index in [1.54, 1.807) is 6.92 Å². The van der Waals surface area contributed by atoms with Gasteiger partial charge in [-0.05, 0) is 6.92 Å². The lowest BCUT2D eigenvalue weighted by atomic mass is 9.87. The van der Waals surface area contributed by atoms with Crippen LogP contribution in [0.25, 0.3) is 11.2 Å². The number of ether oxygens (including phenoxy) is 1. The van der Waals surface area contributed by atoms with E-state index in [9.17, 15) is 53.1 Å². The predicted octanol–water partition coefficient (Wildman–Crippen LogP) is -0.867. The smallest absolute Gasteiger partial charge is 0.399 e. The van der Waals surface area contributed by atoms with E-state index in [2.05, 4.69) is 39.9 Å². The number of hydrogen-bond donors (Lipinski definition) is 9. The molecular weight excluding hydrogens is 761 g/mol. The van der Waals surface area contributed by atoms with Crippen molar-refractivity contribution >= 4 is 57.7 Å². The number of carbonyl (C=O) groups excluding carboxylic acids is 2. The SMILES string of the molecule is CO/N=C(\C)CCNC(=O)CCNC(=O)[C@@H](O)C(C)(C)COP(=O)(O)OP(=O)(O)OCC1OC(n2cnc3c(N)ncnc32)C(O)C1CP(=O)(O)O. The highest BCUT2D eigenvalue weighted by Gasteiger charge is 2.49. The van der Waals surface area contributed by atoms with Gasteiger partial charge < -0.3 is 55.7 Å². The molecule has 0 aliphatic carbocycles. The molecule has 24 nitrogen and oxygen atoms in total. The Hall–Kier alpha value is -2.95. The first kappa shape index (κ1) is 43.5. The second-order valence-electron chi connectivity index (χ2n) is 12.3. The molecule has 2 amide bonds. The fraction of sp³-hybridized carbons (Fsp3) is 0.680. The third-order valence-electron chi connectivity index (χ3n) is 7.54. The Morgan fingerprint density at radius 1 is 1.08 bits per heavy atom. The van der Waals surface area contributed by atoms with Crippen LogP contribution in [0.1, 0.15) is 39.8 Å². The molecule has 1 aliphatic rings. The van der Waals surface area contributed by atoms with Gasteiger partial charge in [0.25, 0.3) is 0 Å². The molecule has 2 aromatic rings. The number of nitrogens with one attached hydrogen (secondary N) is 2. The van der Waals surface area contributed by atoms with Gasteiger partial charge in [0.15, 0.2) is 17.7 Å². The summed E-state index contributed by atoms with van der Waals surface area (Å²) in [5.41, 5.74) is 5.07. The number of nitrogens with two attached hydrogens (primary N) is 1. The van der Waals surface area contributed by atoms with Crippen LogP contribution in [0.4, 0.5) is 5.82 Å². The number of aromatic nitrogens is 4. The van der Waals surface area contributed by atoms with Crippen LogP contribution in [0, 0.1) is 11.3 Å². The van der Waals surface area contributed by atoms with Gasteiger partial charge in [-0.1, -0.05) is 19.0 Å². The lowest BCUT2D eigenvalue weighted by Crippen LogP contribution is -2.46. The highest BCUT2D eigenvalue weighted by molar-refractivity contribution is 7.61. The van der Waals surface area contributed by atoms with E-state index in [0.29, 0.717) is 12.1 Å². The summed E-state index contributed by atoms with van der Waals surface area (Å²) >= 11 is 0. The van der Waals surface area contributed by atoms with Crippen LogP contribution in [-0.2, 0) is 46.2 Å². The number of anilines is 1. The summed E-state index contributed by atoms with van der Waals surface area (Å²) in [6.45, 7) is 2.52. The van der Waals surface area contributed by atoms with E-state index in [1.807, 2.05) is 0 Å². The van der Waals surface area contributed by atoms with Gasteiger partial charge in [0.1, 0.15) is 31.2 Å². The molecular formula is C25H43N8O16P3. The number of rotatable bonds is 20. The van der Waals surface area contributed by atoms with Crippen molar-refractivity contribution in [2.45, 2.75) is 58.2 Å². The second-order valence-corrected chi connectivity index (χ2v) is 17.0. The lowest BCUT2D eigenvalue weighted by Gasteiger charge is -2.30. The highest BCUT2D eigenvalue weighted by atomic mass is 31.3. The standard InChI is InChI=1S/C25H43N8O16P3/c1-14(32-45-4)5-7-27-17(34)6-8-28-23(37)20(36)25(2,3)11-47-52(43,44)49-51(41,42)46-9-16-15(10-50(38,39)40)19(35)24(48-16)33-13-31-18-21(26)29-12-30-22(18)33/h12-13,15-16,19-20,24,35-36H,5-11H2,1-4H3,(H,27,34)(H,28,37)(H,41,42)(H,43,44)(H2,26,29,30)(H2,38,39,40)/b32-14+/t15?,16?,19?,20-,24?/m1/s1. The van der Waals surface area contributed by atoms with Crippen molar-refractivity contribution in [2.75, 3.05) is 45.3 Å². The Balaban J connectivity index is 1.55. The lowest BCUT2D eigenvalue weighted by molar-refractivity contribution is -0.137. The molecule has 294 valence electrons. The van der Waals surface area contributed by atoms with Crippen LogP contribution >= 0.6 is 23.2 Å². The minimum Gasteiger partial charge on any atom is -0.399 e. The normalized spacial score (nSPS) is 22.8. The number of carbonyl (C=O) groups is 2. The zero-order valence-corrected chi connectivity index (χ0v) is 31.1. The van der Waals surface area contributed by atoms with Crippen molar-refractivity contribution in [3.05, 3.63) is 12.7 Å². The maximum absolute atomic E-state index is 12.7. The van der Waals surface area contributed by atoms with Crippen molar-refractivity contribution in [1.82, 2.24) is 30.2 Å². The summed E-state index contributed by atoms with van der Waals surface area (Å²) in [5.74, 6) is -2.76.